The Morgan fingerprint density at radius 2 is 1.86 bits per heavy atom. The molecule has 0 unspecified atom stereocenters. The Labute approximate surface area is 126 Å². The average molecular weight is 291 g/mol. The first-order valence-corrected chi connectivity index (χ1v) is 8.59. The fourth-order valence-corrected chi connectivity index (χ4v) is 3.78. The van der Waals surface area contributed by atoms with Crippen molar-refractivity contribution in [1.29, 1.82) is 0 Å². The van der Waals surface area contributed by atoms with Gasteiger partial charge >= 0.3 is 0 Å². The van der Waals surface area contributed by atoms with Crippen LogP contribution in [0, 0.1) is 5.92 Å². The maximum atomic E-state index is 5.98. The summed E-state index contributed by atoms with van der Waals surface area (Å²) in [7, 11) is 0. The highest BCUT2D eigenvalue weighted by Gasteiger charge is 2.33. The van der Waals surface area contributed by atoms with Gasteiger partial charge in [0.05, 0.1) is 6.04 Å². The molecule has 5 heteroatoms. The van der Waals surface area contributed by atoms with Gasteiger partial charge in [-0.25, -0.2) is 0 Å². The lowest BCUT2D eigenvalue weighted by Crippen LogP contribution is -2.38. The molecule has 0 aromatic carbocycles. The number of nitrogens with zero attached hydrogens (tertiary/aromatic N) is 3. The van der Waals surface area contributed by atoms with Crippen LogP contribution < -0.4 is 0 Å². The van der Waals surface area contributed by atoms with Crippen molar-refractivity contribution in [2.45, 2.75) is 63.5 Å². The van der Waals surface area contributed by atoms with Gasteiger partial charge in [-0.15, -0.1) is 10.2 Å². The van der Waals surface area contributed by atoms with Crippen LogP contribution >= 0.6 is 0 Å². The summed E-state index contributed by atoms with van der Waals surface area (Å²) < 4.78 is 11.6. The molecular weight excluding hydrogens is 266 g/mol. The van der Waals surface area contributed by atoms with Crippen LogP contribution in [0.25, 0.3) is 0 Å². The summed E-state index contributed by atoms with van der Waals surface area (Å²) in [5, 5.41) is 8.60. The van der Waals surface area contributed by atoms with Crippen LogP contribution in [0.1, 0.15) is 75.3 Å². The van der Waals surface area contributed by atoms with Crippen molar-refractivity contribution in [2.24, 2.45) is 5.92 Å². The van der Waals surface area contributed by atoms with Crippen molar-refractivity contribution < 1.29 is 9.15 Å². The smallest absolute Gasteiger partial charge is 0.245 e. The number of hydrogen-bond acceptors (Lipinski definition) is 5. The lowest BCUT2D eigenvalue weighted by Gasteiger charge is -2.38. The molecule has 3 heterocycles. The Bertz CT molecular complexity index is 466. The first-order valence-electron chi connectivity index (χ1n) is 8.59. The molecule has 1 saturated carbocycles. The molecule has 4 rings (SSSR count). The fraction of sp³-hybridized carbons (Fsp3) is 0.875. The highest BCUT2D eigenvalue weighted by molar-refractivity contribution is 4.96. The second kappa shape index (κ2) is 6.05. The summed E-state index contributed by atoms with van der Waals surface area (Å²) in [6, 6.07) is 0.335. The molecule has 0 N–H and O–H groups in total. The van der Waals surface area contributed by atoms with Crippen molar-refractivity contribution in [3.8, 4) is 0 Å². The van der Waals surface area contributed by atoms with Gasteiger partial charge in [-0.05, 0) is 51.0 Å². The Kier molecular flexibility index (Phi) is 3.95. The minimum atomic E-state index is 0.0370. The van der Waals surface area contributed by atoms with Crippen molar-refractivity contribution >= 4 is 0 Å². The Morgan fingerprint density at radius 3 is 2.62 bits per heavy atom. The molecule has 116 valence electrons. The summed E-state index contributed by atoms with van der Waals surface area (Å²) >= 11 is 0. The van der Waals surface area contributed by atoms with Gasteiger partial charge in [0.25, 0.3) is 0 Å². The number of ether oxygens (including phenoxy) is 1. The molecule has 0 amide bonds. The van der Waals surface area contributed by atoms with E-state index in [2.05, 4.69) is 15.1 Å². The molecular formula is C16H25N3O2. The maximum absolute atomic E-state index is 5.98. The van der Waals surface area contributed by atoms with Crippen molar-refractivity contribution in [1.82, 2.24) is 15.1 Å². The second-order valence-electron chi connectivity index (χ2n) is 6.78. The van der Waals surface area contributed by atoms with Gasteiger partial charge < -0.3 is 9.15 Å². The van der Waals surface area contributed by atoms with Gasteiger partial charge in [0.2, 0.25) is 11.8 Å². The molecule has 0 radical (unpaired) electrons. The molecule has 3 fully saturated rings. The van der Waals surface area contributed by atoms with Crippen LogP contribution in [-0.2, 0) is 4.74 Å². The normalized spacial score (nSPS) is 31.4. The second-order valence-corrected chi connectivity index (χ2v) is 6.78. The zero-order chi connectivity index (χ0) is 14.1. The molecule has 5 nitrogen and oxygen atoms in total. The molecule has 1 aliphatic carbocycles. The molecule has 0 spiro atoms. The highest BCUT2D eigenvalue weighted by Crippen LogP contribution is 2.36. The minimum Gasteiger partial charge on any atom is -0.421 e. The van der Waals surface area contributed by atoms with E-state index in [1.165, 1.54) is 45.2 Å². The molecule has 2 atom stereocenters. The molecule has 2 aliphatic heterocycles. The van der Waals surface area contributed by atoms with Crippen molar-refractivity contribution in [2.75, 3.05) is 19.7 Å². The van der Waals surface area contributed by atoms with E-state index in [0.717, 1.165) is 37.7 Å². The summed E-state index contributed by atoms with van der Waals surface area (Å²) in [5.41, 5.74) is 0. The van der Waals surface area contributed by atoms with Gasteiger partial charge in [-0.1, -0.05) is 12.8 Å². The predicted molar refractivity (Wildman–Crippen MR) is 77.7 cm³/mol. The lowest BCUT2D eigenvalue weighted by atomic mass is 9.84. The van der Waals surface area contributed by atoms with Gasteiger partial charge in [-0.2, -0.15) is 0 Å². The molecule has 2 saturated heterocycles. The van der Waals surface area contributed by atoms with Crippen LogP contribution in [0.3, 0.4) is 0 Å². The van der Waals surface area contributed by atoms with Gasteiger partial charge in [-0.3, -0.25) is 4.90 Å². The van der Waals surface area contributed by atoms with E-state index in [0.29, 0.717) is 11.9 Å². The summed E-state index contributed by atoms with van der Waals surface area (Å²) in [4.78, 5) is 2.58. The highest BCUT2D eigenvalue weighted by atomic mass is 16.5. The SMILES string of the molecule is C1CC(CN2CCCC[C@@H]2c2nnc([C@H]3CCCO3)o2)C1. The van der Waals surface area contributed by atoms with Crippen LogP contribution in [0.2, 0.25) is 0 Å². The van der Waals surface area contributed by atoms with Crippen molar-refractivity contribution in [3.63, 3.8) is 0 Å². The number of aromatic nitrogens is 2. The van der Waals surface area contributed by atoms with Gasteiger partial charge in [0, 0.05) is 13.2 Å². The number of hydrogen-bond donors (Lipinski definition) is 0. The number of rotatable bonds is 4. The molecule has 1 aromatic heterocycles. The zero-order valence-electron chi connectivity index (χ0n) is 12.7. The summed E-state index contributed by atoms with van der Waals surface area (Å²) in [5.74, 6) is 2.40. The summed E-state index contributed by atoms with van der Waals surface area (Å²) in [6.45, 7) is 3.21. The predicted octanol–water partition coefficient (Wildman–Crippen LogP) is 3.25. The van der Waals surface area contributed by atoms with Crippen LogP contribution in [0.4, 0.5) is 0 Å². The molecule has 1 aromatic rings. The molecule has 21 heavy (non-hydrogen) atoms. The van der Waals surface area contributed by atoms with E-state index >= 15 is 0 Å². The lowest BCUT2D eigenvalue weighted by molar-refractivity contribution is 0.0703. The first kappa shape index (κ1) is 13.7. The standard InChI is InChI=1S/C16H25N3O2/c1-2-9-19(11-12-5-3-6-12)13(7-1)15-17-18-16(21-15)14-8-4-10-20-14/h12-14H,1-11H2/t13-,14-/m1/s1. The molecule has 0 bridgehead atoms. The van der Waals surface area contributed by atoms with E-state index < -0.39 is 0 Å². The van der Waals surface area contributed by atoms with E-state index in [4.69, 9.17) is 9.15 Å². The minimum absolute atomic E-state index is 0.0370. The summed E-state index contributed by atoms with van der Waals surface area (Å²) in [6.07, 6.45) is 10.1. The van der Waals surface area contributed by atoms with E-state index in [9.17, 15) is 0 Å². The van der Waals surface area contributed by atoms with E-state index in [-0.39, 0.29) is 6.10 Å². The first-order chi connectivity index (χ1) is 10.4. The van der Waals surface area contributed by atoms with Gasteiger partial charge in [0.1, 0.15) is 6.10 Å². The van der Waals surface area contributed by atoms with E-state index in [1.807, 2.05) is 0 Å². The maximum Gasteiger partial charge on any atom is 0.245 e. The van der Waals surface area contributed by atoms with Crippen LogP contribution in [0.5, 0.6) is 0 Å². The largest absolute Gasteiger partial charge is 0.421 e. The fourth-order valence-electron chi connectivity index (χ4n) is 3.78. The quantitative estimate of drug-likeness (QED) is 0.852. The number of piperidine rings is 1. The third-order valence-corrected chi connectivity index (χ3v) is 5.28. The zero-order valence-corrected chi connectivity index (χ0v) is 12.7. The third-order valence-electron chi connectivity index (χ3n) is 5.28. The van der Waals surface area contributed by atoms with E-state index in [1.54, 1.807) is 0 Å². The van der Waals surface area contributed by atoms with Crippen LogP contribution in [-0.4, -0.2) is 34.8 Å². The topological polar surface area (TPSA) is 51.4 Å². The number of likely N-dealkylation sites (tertiary alicyclic amines) is 1. The Hall–Kier alpha value is -0.940. The monoisotopic (exact) mass is 291 g/mol. The van der Waals surface area contributed by atoms with Gasteiger partial charge in [0.15, 0.2) is 0 Å². The van der Waals surface area contributed by atoms with Crippen LogP contribution in [0.15, 0.2) is 4.42 Å². The molecule has 3 aliphatic rings. The van der Waals surface area contributed by atoms with Crippen molar-refractivity contribution in [3.05, 3.63) is 11.8 Å². The Morgan fingerprint density at radius 1 is 0.952 bits per heavy atom. The third kappa shape index (κ3) is 2.86. The average Bonchev–Trinajstić information content (AvgIpc) is 3.13. The Balaban J connectivity index is 1.46.